The summed E-state index contributed by atoms with van der Waals surface area (Å²) in [7, 11) is 1.36. The molecular weight excluding hydrogens is 295 g/mol. The van der Waals surface area contributed by atoms with E-state index in [4.69, 9.17) is 0 Å². The van der Waals surface area contributed by atoms with Crippen molar-refractivity contribution in [1.29, 1.82) is 0 Å². The quantitative estimate of drug-likeness (QED) is 0.691. The summed E-state index contributed by atoms with van der Waals surface area (Å²) < 4.78 is 37.0. The predicted octanol–water partition coefficient (Wildman–Crippen LogP) is 1.65. The highest BCUT2D eigenvalue weighted by atomic mass is 32.1. The fourth-order valence-electron chi connectivity index (χ4n) is 1.18. The van der Waals surface area contributed by atoms with Crippen molar-refractivity contribution in [2.75, 3.05) is 7.05 Å². The van der Waals surface area contributed by atoms with Crippen LogP contribution in [0.5, 0.6) is 0 Å². The average Bonchev–Trinajstić information content (AvgIpc) is 2.37. The Bertz CT molecular complexity index is 529. The van der Waals surface area contributed by atoms with Gasteiger partial charge in [0.25, 0.3) is 5.91 Å². The van der Waals surface area contributed by atoms with E-state index in [9.17, 15) is 22.8 Å². The lowest BCUT2D eigenvalue weighted by Gasteiger charge is -2.09. The molecule has 108 valence electrons. The van der Waals surface area contributed by atoms with E-state index in [2.05, 4.69) is 28.2 Å². The van der Waals surface area contributed by atoms with Crippen molar-refractivity contribution < 1.29 is 22.8 Å². The van der Waals surface area contributed by atoms with Crippen LogP contribution in [-0.2, 0) is 6.18 Å². The number of amides is 3. The van der Waals surface area contributed by atoms with Gasteiger partial charge in [-0.3, -0.25) is 15.4 Å². The first-order chi connectivity index (χ1) is 9.24. The van der Waals surface area contributed by atoms with Crippen molar-refractivity contribution in [3.05, 3.63) is 35.4 Å². The molecular formula is C11H10F3N3O2S. The van der Waals surface area contributed by atoms with E-state index in [-0.39, 0.29) is 10.7 Å². The van der Waals surface area contributed by atoms with Gasteiger partial charge in [0.05, 0.1) is 5.56 Å². The van der Waals surface area contributed by atoms with Gasteiger partial charge in [0.15, 0.2) is 5.11 Å². The number of urea groups is 1. The molecule has 0 unspecified atom stereocenters. The molecule has 5 nitrogen and oxygen atoms in total. The summed E-state index contributed by atoms with van der Waals surface area (Å²) >= 11 is 4.67. The average molecular weight is 305 g/mol. The number of nitrogens with one attached hydrogen (secondary N) is 3. The third kappa shape index (κ3) is 4.50. The normalized spacial score (nSPS) is 10.6. The van der Waals surface area contributed by atoms with Gasteiger partial charge in [-0.05, 0) is 36.5 Å². The topological polar surface area (TPSA) is 70.2 Å². The van der Waals surface area contributed by atoms with Gasteiger partial charge in [0, 0.05) is 12.6 Å². The van der Waals surface area contributed by atoms with Crippen molar-refractivity contribution in [1.82, 2.24) is 16.0 Å². The second-order valence-corrected chi connectivity index (χ2v) is 3.97. The molecule has 0 saturated carbocycles. The number of rotatable bonds is 1. The molecule has 9 heteroatoms. The standard InChI is InChI=1S/C11H10F3N3O2S/c1-15-9(19)17-10(20)16-8(18)6-2-4-7(5-3-6)11(12,13)14/h2-5H,1H3,(H3,15,16,17,18,19,20). The highest BCUT2D eigenvalue weighted by Gasteiger charge is 2.30. The summed E-state index contributed by atoms with van der Waals surface area (Å²) in [5.41, 5.74) is -0.876. The maximum Gasteiger partial charge on any atom is 0.416 e. The Morgan fingerprint density at radius 1 is 1.10 bits per heavy atom. The van der Waals surface area contributed by atoms with E-state index in [0.717, 1.165) is 24.3 Å². The zero-order chi connectivity index (χ0) is 15.3. The number of benzene rings is 1. The van der Waals surface area contributed by atoms with Crippen molar-refractivity contribution in [3.8, 4) is 0 Å². The Labute approximate surface area is 117 Å². The van der Waals surface area contributed by atoms with Gasteiger partial charge in [-0.1, -0.05) is 0 Å². The molecule has 0 aliphatic heterocycles. The number of carbonyl (C=O) groups is 2. The lowest BCUT2D eigenvalue weighted by atomic mass is 10.1. The van der Waals surface area contributed by atoms with Gasteiger partial charge in [0.1, 0.15) is 0 Å². The Kier molecular flexibility index (Phi) is 5.03. The molecule has 0 saturated heterocycles. The summed E-state index contributed by atoms with van der Waals surface area (Å²) in [6.45, 7) is 0. The third-order valence-corrected chi connectivity index (χ3v) is 2.36. The van der Waals surface area contributed by atoms with Gasteiger partial charge in [-0.25, -0.2) is 4.79 Å². The molecule has 0 aliphatic rings. The molecule has 3 amide bonds. The van der Waals surface area contributed by atoms with E-state index in [0.29, 0.717) is 0 Å². The Morgan fingerprint density at radius 3 is 2.10 bits per heavy atom. The molecule has 0 spiro atoms. The second-order valence-electron chi connectivity index (χ2n) is 3.56. The minimum atomic E-state index is -4.47. The molecule has 0 fully saturated rings. The van der Waals surface area contributed by atoms with Crippen LogP contribution in [0.1, 0.15) is 15.9 Å². The van der Waals surface area contributed by atoms with Crippen molar-refractivity contribution in [2.45, 2.75) is 6.18 Å². The van der Waals surface area contributed by atoms with Crippen LogP contribution >= 0.6 is 12.2 Å². The lowest BCUT2D eigenvalue weighted by molar-refractivity contribution is -0.137. The highest BCUT2D eigenvalue weighted by Crippen LogP contribution is 2.28. The number of hydrogen-bond donors (Lipinski definition) is 3. The zero-order valence-electron chi connectivity index (χ0n) is 10.2. The SMILES string of the molecule is CNC(=O)NC(=S)NC(=O)c1ccc(C(F)(F)F)cc1. The zero-order valence-corrected chi connectivity index (χ0v) is 11.0. The predicted molar refractivity (Wildman–Crippen MR) is 69.1 cm³/mol. The Hall–Kier alpha value is -2.16. The van der Waals surface area contributed by atoms with E-state index < -0.39 is 23.7 Å². The van der Waals surface area contributed by atoms with Crippen LogP contribution in [0.25, 0.3) is 0 Å². The van der Waals surface area contributed by atoms with Crippen LogP contribution in [0.4, 0.5) is 18.0 Å². The van der Waals surface area contributed by atoms with E-state index in [1.54, 1.807) is 0 Å². The van der Waals surface area contributed by atoms with E-state index in [1.807, 2.05) is 0 Å². The van der Waals surface area contributed by atoms with Gasteiger partial charge in [-0.15, -0.1) is 0 Å². The second kappa shape index (κ2) is 6.33. The van der Waals surface area contributed by atoms with Crippen molar-refractivity contribution in [3.63, 3.8) is 0 Å². The van der Waals surface area contributed by atoms with Gasteiger partial charge in [0.2, 0.25) is 0 Å². The third-order valence-electron chi connectivity index (χ3n) is 2.16. The summed E-state index contributed by atoms with van der Waals surface area (Å²) in [4.78, 5) is 22.5. The maximum atomic E-state index is 12.3. The van der Waals surface area contributed by atoms with Gasteiger partial charge in [-0.2, -0.15) is 13.2 Å². The number of carbonyl (C=O) groups excluding carboxylic acids is 2. The smallest absolute Gasteiger partial charge is 0.341 e. The molecule has 1 aromatic carbocycles. The molecule has 0 radical (unpaired) electrons. The van der Waals surface area contributed by atoms with Crippen LogP contribution in [0, 0.1) is 0 Å². The van der Waals surface area contributed by atoms with Crippen LogP contribution in [0.2, 0.25) is 0 Å². The number of hydrogen-bond acceptors (Lipinski definition) is 3. The van der Waals surface area contributed by atoms with E-state index in [1.165, 1.54) is 7.05 Å². The van der Waals surface area contributed by atoms with Crippen molar-refractivity contribution >= 4 is 29.3 Å². The minimum absolute atomic E-state index is 0.0148. The molecule has 0 aliphatic carbocycles. The molecule has 0 atom stereocenters. The summed E-state index contributed by atoms with van der Waals surface area (Å²) in [5.74, 6) is -0.722. The van der Waals surface area contributed by atoms with Crippen LogP contribution in [0.3, 0.4) is 0 Å². The molecule has 20 heavy (non-hydrogen) atoms. The molecule has 1 aromatic rings. The molecule has 0 bridgehead atoms. The first-order valence-corrected chi connectivity index (χ1v) is 5.66. The largest absolute Gasteiger partial charge is 0.416 e. The number of thiocarbonyl (C=S) groups is 1. The Balaban J connectivity index is 2.69. The van der Waals surface area contributed by atoms with Gasteiger partial charge < -0.3 is 5.32 Å². The summed E-state index contributed by atoms with van der Waals surface area (Å²) in [5, 5.41) is 6.26. The first kappa shape index (κ1) is 15.9. The van der Waals surface area contributed by atoms with Crippen LogP contribution in [-0.4, -0.2) is 24.1 Å². The molecule has 1 rings (SSSR count). The summed E-state index contributed by atoms with van der Waals surface area (Å²) in [6.07, 6.45) is -4.47. The maximum absolute atomic E-state index is 12.3. The highest BCUT2D eigenvalue weighted by molar-refractivity contribution is 7.80. The molecule has 0 heterocycles. The molecule has 3 N–H and O–H groups in total. The monoisotopic (exact) mass is 305 g/mol. The summed E-state index contributed by atoms with van der Waals surface area (Å²) in [6, 6.07) is 2.97. The van der Waals surface area contributed by atoms with Gasteiger partial charge >= 0.3 is 12.2 Å². The van der Waals surface area contributed by atoms with E-state index >= 15 is 0 Å². The Morgan fingerprint density at radius 2 is 1.65 bits per heavy atom. The lowest BCUT2D eigenvalue weighted by Crippen LogP contribution is -2.45. The molecule has 0 aromatic heterocycles. The minimum Gasteiger partial charge on any atom is -0.341 e. The fourth-order valence-corrected chi connectivity index (χ4v) is 1.37. The van der Waals surface area contributed by atoms with Crippen LogP contribution in [0.15, 0.2) is 24.3 Å². The number of alkyl halides is 3. The fraction of sp³-hybridized carbons (Fsp3) is 0.182. The van der Waals surface area contributed by atoms with Crippen molar-refractivity contribution in [2.24, 2.45) is 0 Å². The number of halogens is 3. The first-order valence-electron chi connectivity index (χ1n) is 5.25. The van der Waals surface area contributed by atoms with Crippen LogP contribution < -0.4 is 16.0 Å².